The van der Waals surface area contributed by atoms with Gasteiger partial charge in [0.05, 0.1) is 18.2 Å². The zero-order valence-corrected chi connectivity index (χ0v) is 9.94. The van der Waals surface area contributed by atoms with Crippen LogP contribution in [0.3, 0.4) is 0 Å². The number of urea groups is 1. The average molecular weight is 274 g/mol. The van der Waals surface area contributed by atoms with E-state index in [1.54, 1.807) is 6.07 Å². The van der Waals surface area contributed by atoms with Gasteiger partial charge in [-0.3, -0.25) is 0 Å². The third kappa shape index (κ3) is 2.81. The van der Waals surface area contributed by atoms with Gasteiger partial charge in [0, 0.05) is 13.1 Å². The second kappa shape index (κ2) is 5.08. The van der Waals surface area contributed by atoms with E-state index in [0.29, 0.717) is 5.56 Å². The molecule has 2 rings (SSSR count). The summed E-state index contributed by atoms with van der Waals surface area (Å²) in [6.07, 6.45) is -4.41. The maximum absolute atomic E-state index is 12.6. The third-order valence-electron chi connectivity index (χ3n) is 3.02. The lowest BCUT2D eigenvalue weighted by atomic mass is 10.0. The first kappa shape index (κ1) is 13.7. The molecule has 0 aliphatic carbocycles. The van der Waals surface area contributed by atoms with E-state index in [2.05, 4.69) is 5.32 Å². The van der Waals surface area contributed by atoms with Gasteiger partial charge in [-0.15, -0.1) is 0 Å². The third-order valence-corrected chi connectivity index (χ3v) is 3.02. The number of hydrogen-bond acceptors (Lipinski definition) is 2. The molecule has 7 heteroatoms. The smallest absolute Gasteiger partial charge is 0.395 e. The molecule has 19 heavy (non-hydrogen) atoms. The minimum atomic E-state index is -4.41. The average Bonchev–Trinajstić information content (AvgIpc) is 2.71. The van der Waals surface area contributed by atoms with E-state index in [1.807, 2.05) is 0 Å². The number of nitrogens with one attached hydrogen (secondary N) is 1. The predicted octanol–water partition coefficient (Wildman–Crippen LogP) is 1.76. The number of alkyl halides is 3. The number of nitrogens with zero attached hydrogens (tertiary/aromatic N) is 1. The first-order valence-corrected chi connectivity index (χ1v) is 5.76. The summed E-state index contributed by atoms with van der Waals surface area (Å²) in [4.78, 5) is 12.8. The summed E-state index contributed by atoms with van der Waals surface area (Å²) in [5.41, 5.74) is -0.338. The number of carbonyl (C=O) groups is 1. The molecule has 1 aromatic carbocycles. The molecule has 1 fully saturated rings. The molecule has 1 heterocycles. The van der Waals surface area contributed by atoms with Gasteiger partial charge in [-0.25, -0.2) is 4.79 Å². The van der Waals surface area contributed by atoms with Crippen molar-refractivity contribution in [3.8, 4) is 0 Å². The van der Waals surface area contributed by atoms with Crippen LogP contribution in [-0.4, -0.2) is 35.7 Å². The van der Waals surface area contributed by atoms with Crippen LogP contribution in [0.1, 0.15) is 17.2 Å². The molecule has 0 saturated carbocycles. The monoisotopic (exact) mass is 274 g/mol. The van der Waals surface area contributed by atoms with Crippen LogP contribution >= 0.6 is 0 Å². The van der Waals surface area contributed by atoms with Gasteiger partial charge in [-0.2, -0.15) is 13.2 Å². The molecule has 2 N–H and O–H groups in total. The van der Waals surface area contributed by atoms with E-state index < -0.39 is 17.8 Å². The fraction of sp³-hybridized carbons (Fsp3) is 0.417. The van der Waals surface area contributed by atoms with Crippen molar-refractivity contribution in [2.45, 2.75) is 12.2 Å². The Morgan fingerprint density at radius 1 is 1.42 bits per heavy atom. The van der Waals surface area contributed by atoms with Crippen molar-refractivity contribution in [2.75, 3.05) is 19.7 Å². The van der Waals surface area contributed by atoms with Crippen LogP contribution in [0, 0.1) is 0 Å². The van der Waals surface area contributed by atoms with Crippen molar-refractivity contribution < 1.29 is 23.1 Å². The molecule has 4 nitrogen and oxygen atoms in total. The summed E-state index contributed by atoms with van der Waals surface area (Å²) in [5.74, 6) is 0. The van der Waals surface area contributed by atoms with Gasteiger partial charge < -0.3 is 15.3 Å². The Labute approximate surface area is 107 Å². The molecule has 0 spiro atoms. The van der Waals surface area contributed by atoms with Crippen LogP contribution in [0.5, 0.6) is 0 Å². The van der Waals surface area contributed by atoms with Crippen molar-refractivity contribution in [1.82, 2.24) is 10.2 Å². The quantitative estimate of drug-likeness (QED) is 0.882. The Balaban J connectivity index is 2.29. The molecule has 0 radical (unpaired) electrons. The lowest BCUT2D eigenvalue weighted by Crippen LogP contribution is -2.32. The minimum absolute atomic E-state index is 0.0900. The van der Waals surface area contributed by atoms with Gasteiger partial charge in [-0.05, 0) is 17.7 Å². The lowest BCUT2D eigenvalue weighted by Gasteiger charge is -2.23. The number of rotatable bonds is 3. The zero-order chi connectivity index (χ0) is 14.0. The summed E-state index contributed by atoms with van der Waals surface area (Å²) in [6, 6.07) is 4.03. The molecular weight excluding hydrogens is 261 g/mol. The number of benzene rings is 1. The molecular formula is C12H13F3N2O2. The molecule has 1 atom stereocenters. The van der Waals surface area contributed by atoms with Crippen LogP contribution in [0.2, 0.25) is 0 Å². The van der Waals surface area contributed by atoms with Crippen LogP contribution in [0.15, 0.2) is 24.3 Å². The van der Waals surface area contributed by atoms with Crippen LogP contribution in [0.4, 0.5) is 18.0 Å². The highest BCUT2D eigenvalue weighted by Gasteiger charge is 2.34. The van der Waals surface area contributed by atoms with Gasteiger partial charge in [-0.1, -0.05) is 12.1 Å². The molecule has 0 aromatic heterocycles. The highest BCUT2D eigenvalue weighted by molar-refractivity contribution is 5.77. The van der Waals surface area contributed by atoms with Crippen LogP contribution < -0.4 is 5.32 Å². The SMILES string of the molecule is O=C1NCC(c2cccc(C(F)(F)F)c2)N1CCO. The van der Waals surface area contributed by atoms with Gasteiger partial charge in [0.2, 0.25) is 0 Å². The first-order chi connectivity index (χ1) is 8.93. The highest BCUT2D eigenvalue weighted by atomic mass is 19.4. The standard InChI is InChI=1S/C12H13F3N2O2/c13-12(14,15)9-3-1-2-8(6-9)10-7-16-11(19)17(10)4-5-18/h1-3,6,10,18H,4-5,7H2,(H,16,19). The lowest BCUT2D eigenvalue weighted by molar-refractivity contribution is -0.137. The second-order valence-electron chi connectivity index (χ2n) is 4.24. The largest absolute Gasteiger partial charge is 0.416 e. The number of hydrogen-bond donors (Lipinski definition) is 2. The number of β-amino-alcohol motifs (C(OH)–C–C–N with tert-alkyl or cyclic N) is 1. The van der Waals surface area contributed by atoms with E-state index in [1.165, 1.54) is 11.0 Å². The Kier molecular flexibility index (Phi) is 3.66. The maximum Gasteiger partial charge on any atom is 0.416 e. The molecule has 104 valence electrons. The molecule has 1 aliphatic heterocycles. The van der Waals surface area contributed by atoms with Gasteiger partial charge in [0.1, 0.15) is 0 Å². The fourth-order valence-electron chi connectivity index (χ4n) is 2.12. The number of carbonyl (C=O) groups excluding carboxylic acids is 1. The molecule has 1 unspecified atom stereocenters. The molecule has 1 aromatic rings. The Morgan fingerprint density at radius 3 is 2.79 bits per heavy atom. The van der Waals surface area contributed by atoms with Crippen molar-refractivity contribution in [2.24, 2.45) is 0 Å². The Bertz CT molecular complexity index is 476. The number of halogens is 3. The van der Waals surface area contributed by atoms with E-state index in [-0.39, 0.29) is 25.7 Å². The van der Waals surface area contributed by atoms with Gasteiger partial charge in [0.25, 0.3) is 0 Å². The van der Waals surface area contributed by atoms with E-state index in [0.717, 1.165) is 12.1 Å². The predicted molar refractivity (Wildman–Crippen MR) is 61.4 cm³/mol. The fourth-order valence-corrected chi connectivity index (χ4v) is 2.12. The summed E-state index contributed by atoms with van der Waals surface area (Å²) >= 11 is 0. The first-order valence-electron chi connectivity index (χ1n) is 5.76. The highest BCUT2D eigenvalue weighted by Crippen LogP contribution is 2.32. The van der Waals surface area contributed by atoms with E-state index >= 15 is 0 Å². The summed E-state index contributed by atoms with van der Waals surface area (Å²) < 4.78 is 37.9. The van der Waals surface area contributed by atoms with E-state index in [4.69, 9.17) is 5.11 Å². The normalized spacial score (nSPS) is 19.7. The van der Waals surface area contributed by atoms with Gasteiger partial charge >= 0.3 is 12.2 Å². The molecule has 2 amide bonds. The minimum Gasteiger partial charge on any atom is -0.395 e. The van der Waals surface area contributed by atoms with Crippen molar-refractivity contribution in [1.29, 1.82) is 0 Å². The number of aliphatic hydroxyl groups excluding tert-OH is 1. The number of aliphatic hydroxyl groups is 1. The molecule has 1 saturated heterocycles. The maximum atomic E-state index is 12.6. The van der Waals surface area contributed by atoms with Crippen molar-refractivity contribution in [3.63, 3.8) is 0 Å². The topological polar surface area (TPSA) is 52.6 Å². The van der Waals surface area contributed by atoms with Crippen molar-refractivity contribution in [3.05, 3.63) is 35.4 Å². The van der Waals surface area contributed by atoms with Crippen LogP contribution in [0.25, 0.3) is 0 Å². The van der Waals surface area contributed by atoms with E-state index in [9.17, 15) is 18.0 Å². The summed E-state index contributed by atoms with van der Waals surface area (Å²) in [7, 11) is 0. The second-order valence-corrected chi connectivity index (χ2v) is 4.24. The molecule has 1 aliphatic rings. The van der Waals surface area contributed by atoms with Crippen LogP contribution in [-0.2, 0) is 6.18 Å². The van der Waals surface area contributed by atoms with Gasteiger partial charge in [0.15, 0.2) is 0 Å². The summed E-state index contributed by atoms with van der Waals surface area (Å²) in [5, 5.41) is 11.4. The Morgan fingerprint density at radius 2 is 2.16 bits per heavy atom. The summed E-state index contributed by atoms with van der Waals surface area (Å²) in [6.45, 7) is 0.0930. The molecule has 0 bridgehead atoms. The zero-order valence-electron chi connectivity index (χ0n) is 9.94. The number of amides is 2. The van der Waals surface area contributed by atoms with Crippen molar-refractivity contribution >= 4 is 6.03 Å². The Hall–Kier alpha value is -1.76.